The second-order valence-corrected chi connectivity index (χ2v) is 6.08. The van der Waals surface area contributed by atoms with Crippen LogP contribution in [0.2, 0.25) is 0 Å². The van der Waals surface area contributed by atoms with Gasteiger partial charge in [-0.3, -0.25) is 9.69 Å². The van der Waals surface area contributed by atoms with Crippen molar-refractivity contribution in [1.82, 2.24) is 14.9 Å². The van der Waals surface area contributed by atoms with Crippen molar-refractivity contribution in [3.8, 4) is 0 Å². The number of benzene rings is 1. The molecule has 24 heavy (non-hydrogen) atoms. The largest absolute Gasteiger partial charge is 0.468 e. The van der Waals surface area contributed by atoms with Gasteiger partial charge in [0.25, 0.3) is 0 Å². The number of halogens is 1. The summed E-state index contributed by atoms with van der Waals surface area (Å²) in [5, 5.41) is 3.99. The predicted octanol–water partition coefficient (Wildman–Crippen LogP) is 2.07. The van der Waals surface area contributed by atoms with Crippen LogP contribution in [0.3, 0.4) is 0 Å². The number of ether oxygens (including phenoxy) is 1. The van der Waals surface area contributed by atoms with E-state index in [1.807, 2.05) is 0 Å². The Bertz CT molecular complexity index is 725. The standard InChI is InChI=1S/C17H21FN4O2/c1-24-16(23)10-22-6-2-3-12(9-22)8-19-17-14-7-13(18)4-5-15(14)20-11-21-17/h4-5,7,11-12H,2-3,6,8-10H2,1H3,(H,19,20,21)/t12-/m0/s1. The van der Waals surface area contributed by atoms with Crippen LogP contribution >= 0.6 is 0 Å². The number of hydrogen-bond donors (Lipinski definition) is 1. The van der Waals surface area contributed by atoms with Crippen LogP contribution in [0.15, 0.2) is 24.5 Å². The average molecular weight is 332 g/mol. The van der Waals surface area contributed by atoms with Gasteiger partial charge >= 0.3 is 5.97 Å². The van der Waals surface area contributed by atoms with Crippen LogP contribution in [0.1, 0.15) is 12.8 Å². The molecule has 2 aromatic rings. The quantitative estimate of drug-likeness (QED) is 0.846. The number of methoxy groups -OCH3 is 1. The first-order chi connectivity index (χ1) is 11.7. The Labute approximate surface area is 140 Å². The first-order valence-corrected chi connectivity index (χ1v) is 8.09. The molecule has 0 saturated carbocycles. The zero-order valence-electron chi connectivity index (χ0n) is 13.7. The Balaban J connectivity index is 1.63. The summed E-state index contributed by atoms with van der Waals surface area (Å²) in [6.45, 7) is 2.79. The van der Waals surface area contributed by atoms with Gasteiger partial charge in [0.15, 0.2) is 0 Å². The van der Waals surface area contributed by atoms with E-state index < -0.39 is 0 Å². The van der Waals surface area contributed by atoms with Gasteiger partial charge in [-0.15, -0.1) is 0 Å². The van der Waals surface area contributed by atoms with Crippen molar-refractivity contribution >= 4 is 22.7 Å². The Morgan fingerprint density at radius 2 is 2.33 bits per heavy atom. The third kappa shape index (κ3) is 3.97. The highest BCUT2D eigenvalue weighted by molar-refractivity contribution is 5.88. The lowest BCUT2D eigenvalue weighted by Gasteiger charge is -2.32. The zero-order valence-corrected chi connectivity index (χ0v) is 13.7. The van der Waals surface area contributed by atoms with Crippen LogP contribution in [0.25, 0.3) is 10.9 Å². The molecule has 0 aliphatic carbocycles. The van der Waals surface area contributed by atoms with E-state index in [1.54, 1.807) is 6.07 Å². The SMILES string of the molecule is COC(=O)CN1CCC[C@@H](CNc2ncnc3ccc(F)cc23)C1. The number of carbonyl (C=O) groups is 1. The van der Waals surface area contributed by atoms with Gasteiger partial charge in [-0.05, 0) is 43.5 Å². The molecule has 128 valence electrons. The monoisotopic (exact) mass is 332 g/mol. The Hall–Kier alpha value is -2.28. The molecule has 1 aromatic heterocycles. The molecule has 1 fully saturated rings. The fourth-order valence-corrected chi connectivity index (χ4v) is 3.12. The number of rotatable bonds is 5. The number of hydrogen-bond acceptors (Lipinski definition) is 6. The maximum Gasteiger partial charge on any atom is 0.319 e. The molecule has 6 nitrogen and oxygen atoms in total. The van der Waals surface area contributed by atoms with Crippen molar-refractivity contribution < 1.29 is 13.9 Å². The number of anilines is 1. The van der Waals surface area contributed by atoms with E-state index in [1.165, 1.54) is 25.6 Å². The number of fused-ring (bicyclic) bond motifs is 1. The molecule has 1 atom stereocenters. The van der Waals surface area contributed by atoms with Crippen molar-refractivity contribution in [2.24, 2.45) is 5.92 Å². The maximum atomic E-state index is 13.5. The lowest BCUT2D eigenvalue weighted by atomic mass is 9.98. The van der Waals surface area contributed by atoms with Crippen molar-refractivity contribution in [2.45, 2.75) is 12.8 Å². The summed E-state index contributed by atoms with van der Waals surface area (Å²) in [7, 11) is 1.41. The molecule has 1 N–H and O–H groups in total. The lowest BCUT2D eigenvalue weighted by molar-refractivity contribution is -0.142. The van der Waals surface area contributed by atoms with Gasteiger partial charge in [0, 0.05) is 18.5 Å². The van der Waals surface area contributed by atoms with Crippen LogP contribution in [-0.2, 0) is 9.53 Å². The molecule has 0 bridgehead atoms. The minimum atomic E-state index is -0.303. The fourth-order valence-electron chi connectivity index (χ4n) is 3.12. The molecule has 1 aromatic carbocycles. The van der Waals surface area contributed by atoms with Crippen LogP contribution in [0.4, 0.5) is 10.2 Å². The second kappa shape index (κ2) is 7.53. The number of nitrogens with one attached hydrogen (secondary N) is 1. The van der Waals surface area contributed by atoms with Gasteiger partial charge in [0.2, 0.25) is 0 Å². The van der Waals surface area contributed by atoms with Gasteiger partial charge in [0.05, 0.1) is 19.2 Å². The van der Waals surface area contributed by atoms with Crippen molar-refractivity contribution in [1.29, 1.82) is 0 Å². The van der Waals surface area contributed by atoms with E-state index in [0.29, 0.717) is 29.2 Å². The molecule has 0 spiro atoms. The Morgan fingerprint density at radius 3 is 3.17 bits per heavy atom. The van der Waals surface area contributed by atoms with Crippen molar-refractivity contribution in [3.05, 3.63) is 30.3 Å². The first-order valence-electron chi connectivity index (χ1n) is 8.09. The zero-order chi connectivity index (χ0) is 16.9. The average Bonchev–Trinajstić information content (AvgIpc) is 2.60. The summed E-state index contributed by atoms with van der Waals surface area (Å²) < 4.78 is 18.2. The molecule has 0 unspecified atom stereocenters. The number of carbonyl (C=O) groups excluding carboxylic acids is 1. The normalized spacial score (nSPS) is 18.5. The molecule has 0 radical (unpaired) electrons. The van der Waals surface area contributed by atoms with E-state index in [9.17, 15) is 9.18 Å². The number of nitrogens with zero attached hydrogens (tertiary/aromatic N) is 3. The van der Waals surface area contributed by atoms with E-state index in [-0.39, 0.29) is 11.8 Å². The topological polar surface area (TPSA) is 67.3 Å². The molecule has 1 aliphatic rings. The summed E-state index contributed by atoms with van der Waals surface area (Å²) in [4.78, 5) is 21.9. The molecule has 1 saturated heterocycles. The second-order valence-electron chi connectivity index (χ2n) is 6.08. The summed E-state index contributed by atoms with van der Waals surface area (Å²) >= 11 is 0. The number of likely N-dealkylation sites (tertiary alicyclic amines) is 1. The minimum Gasteiger partial charge on any atom is -0.468 e. The number of esters is 1. The van der Waals surface area contributed by atoms with Crippen LogP contribution in [0.5, 0.6) is 0 Å². The molecular weight excluding hydrogens is 311 g/mol. The Morgan fingerprint density at radius 1 is 1.46 bits per heavy atom. The van der Waals surface area contributed by atoms with Crippen molar-refractivity contribution in [2.75, 3.05) is 38.6 Å². The van der Waals surface area contributed by atoms with Gasteiger partial charge in [0.1, 0.15) is 18.0 Å². The van der Waals surface area contributed by atoms with Gasteiger partial charge in [-0.1, -0.05) is 0 Å². The summed E-state index contributed by atoms with van der Waals surface area (Å²) in [5.74, 6) is 0.537. The third-order valence-corrected chi connectivity index (χ3v) is 4.34. The molecule has 0 amide bonds. The first kappa shape index (κ1) is 16.6. The van der Waals surface area contributed by atoms with Gasteiger partial charge in [-0.2, -0.15) is 0 Å². The summed E-state index contributed by atoms with van der Waals surface area (Å²) in [5.41, 5.74) is 0.713. The smallest absolute Gasteiger partial charge is 0.319 e. The molecule has 7 heteroatoms. The summed E-state index contributed by atoms with van der Waals surface area (Å²) in [6, 6.07) is 4.49. The van der Waals surface area contributed by atoms with E-state index in [4.69, 9.17) is 4.74 Å². The van der Waals surface area contributed by atoms with Crippen LogP contribution in [-0.4, -0.2) is 54.1 Å². The molecule has 2 heterocycles. The Kier molecular flexibility index (Phi) is 5.20. The maximum absolute atomic E-state index is 13.5. The van der Waals surface area contributed by atoms with Gasteiger partial charge < -0.3 is 10.1 Å². The van der Waals surface area contributed by atoms with E-state index >= 15 is 0 Å². The van der Waals surface area contributed by atoms with E-state index in [2.05, 4.69) is 20.2 Å². The van der Waals surface area contributed by atoms with E-state index in [0.717, 1.165) is 32.5 Å². The van der Waals surface area contributed by atoms with Crippen molar-refractivity contribution in [3.63, 3.8) is 0 Å². The fraction of sp³-hybridized carbons (Fsp3) is 0.471. The lowest BCUT2D eigenvalue weighted by Crippen LogP contribution is -2.41. The molecule has 3 rings (SSSR count). The molecular formula is C17H21FN4O2. The van der Waals surface area contributed by atoms with Crippen LogP contribution < -0.4 is 5.32 Å². The van der Waals surface area contributed by atoms with Gasteiger partial charge in [-0.25, -0.2) is 14.4 Å². The predicted molar refractivity (Wildman–Crippen MR) is 89.2 cm³/mol. The minimum absolute atomic E-state index is 0.208. The summed E-state index contributed by atoms with van der Waals surface area (Å²) in [6.07, 6.45) is 3.61. The number of aromatic nitrogens is 2. The molecule has 1 aliphatic heterocycles. The highest BCUT2D eigenvalue weighted by Gasteiger charge is 2.22. The van der Waals surface area contributed by atoms with Crippen LogP contribution in [0, 0.1) is 11.7 Å². The third-order valence-electron chi connectivity index (χ3n) is 4.34. The highest BCUT2D eigenvalue weighted by atomic mass is 19.1. The number of piperidine rings is 1. The highest BCUT2D eigenvalue weighted by Crippen LogP contribution is 2.22.